The Hall–Kier alpha value is -3.67. The number of fused-ring (bicyclic) bond motifs is 6. The first kappa shape index (κ1) is 36.2. The van der Waals surface area contributed by atoms with E-state index in [0.29, 0.717) is 6.67 Å². The molecule has 0 fully saturated rings. The average Bonchev–Trinajstić information content (AvgIpc) is 3.86. The molecule has 0 unspecified atom stereocenters. The summed E-state index contributed by atoms with van der Waals surface area (Å²) in [5, 5.41) is 5.90. The van der Waals surface area contributed by atoms with Crippen molar-refractivity contribution in [2.24, 2.45) is 0 Å². The van der Waals surface area contributed by atoms with Crippen LogP contribution in [0.2, 0.25) is 26.2 Å². The third-order valence-electron chi connectivity index (χ3n) is 8.78. The Balaban J connectivity index is 0.000000160. The van der Waals surface area contributed by atoms with Gasteiger partial charge in [-0.25, -0.2) is 0 Å². The molecule has 4 heterocycles. The summed E-state index contributed by atoms with van der Waals surface area (Å²) in [4.78, 5) is 7.59. The van der Waals surface area contributed by atoms with Gasteiger partial charge in [0.25, 0.3) is 0 Å². The molecular formula is C39H32Au2N4Si2-4. The minimum absolute atomic E-state index is 0. The van der Waals surface area contributed by atoms with Crippen LogP contribution in [0.25, 0.3) is 22.3 Å². The normalized spacial score (nSPS) is 13.1. The molecule has 0 aliphatic carbocycles. The van der Waals surface area contributed by atoms with E-state index in [4.69, 9.17) is 12.8 Å². The van der Waals surface area contributed by atoms with Crippen LogP contribution in [0.15, 0.2) is 110 Å². The Bertz CT molecular complexity index is 1920. The molecule has 0 saturated carbocycles. The fraction of sp³-hybridized carbons (Fsp3) is 0.128. The largest absolute Gasteiger partial charge is 0.439 e. The van der Waals surface area contributed by atoms with Crippen molar-refractivity contribution in [3.8, 4) is 34.1 Å². The molecule has 2 radical (unpaired) electrons. The number of nitrogens with zero attached hydrogens (tertiary/aromatic N) is 4. The van der Waals surface area contributed by atoms with E-state index in [0.717, 1.165) is 11.1 Å². The molecule has 2 aliphatic heterocycles. The molecule has 0 amide bonds. The van der Waals surface area contributed by atoms with E-state index in [-0.39, 0.29) is 44.8 Å². The van der Waals surface area contributed by atoms with Gasteiger partial charge in [0.15, 0.2) is 0 Å². The van der Waals surface area contributed by atoms with Crippen molar-refractivity contribution in [1.82, 2.24) is 19.1 Å². The van der Waals surface area contributed by atoms with Crippen molar-refractivity contribution in [3.05, 3.63) is 146 Å². The van der Waals surface area contributed by atoms with E-state index in [1.165, 1.54) is 43.0 Å². The molecule has 2 aromatic heterocycles. The maximum Gasteiger partial charge on any atom is 0.111 e. The van der Waals surface area contributed by atoms with Gasteiger partial charge in [0.1, 0.15) is 16.1 Å². The van der Waals surface area contributed by atoms with Crippen molar-refractivity contribution >= 4 is 36.9 Å². The predicted molar refractivity (Wildman–Crippen MR) is 187 cm³/mol. The second kappa shape index (κ2) is 15.0. The summed E-state index contributed by atoms with van der Waals surface area (Å²) in [6.07, 6.45) is 27.1. The second-order valence-electron chi connectivity index (χ2n) is 12.2. The van der Waals surface area contributed by atoms with E-state index in [2.05, 4.69) is 133 Å². The molecule has 47 heavy (non-hydrogen) atoms. The first-order valence-corrected chi connectivity index (χ1v) is 20.9. The van der Waals surface area contributed by atoms with Crippen molar-refractivity contribution < 1.29 is 44.8 Å². The van der Waals surface area contributed by atoms with Gasteiger partial charge in [0.05, 0.1) is 6.67 Å². The van der Waals surface area contributed by atoms with Gasteiger partial charge in [-0.1, -0.05) is 97.2 Å². The van der Waals surface area contributed by atoms with E-state index < -0.39 is 16.1 Å². The van der Waals surface area contributed by atoms with E-state index in [1.54, 1.807) is 12.4 Å². The molecule has 8 heteroatoms. The molecule has 4 aromatic carbocycles. The van der Waals surface area contributed by atoms with E-state index in [1.807, 2.05) is 33.7 Å². The van der Waals surface area contributed by atoms with Crippen LogP contribution in [0.3, 0.4) is 0 Å². The topological polar surface area (TPSA) is 35.6 Å². The number of benzene rings is 4. The zero-order valence-corrected chi connectivity index (χ0v) is 32.8. The molecule has 4 nitrogen and oxygen atoms in total. The van der Waals surface area contributed by atoms with Crippen molar-refractivity contribution in [3.63, 3.8) is 0 Å². The van der Waals surface area contributed by atoms with E-state index in [9.17, 15) is 0 Å². The first-order chi connectivity index (χ1) is 21.7. The zero-order valence-electron chi connectivity index (χ0n) is 26.5. The van der Waals surface area contributed by atoms with Crippen LogP contribution in [0, 0.1) is 37.3 Å². The third-order valence-corrected chi connectivity index (χ3v) is 15.9. The van der Waals surface area contributed by atoms with Crippen molar-refractivity contribution in [2.75, 3.05) is 0 Å². The van der Waals surface area contributed by atoms with Crippen LogP contribution in [0.1, 0.15) is 11.1 Å². The van der Waals surface area contributed by atoms with Gasteiger partial charge in [-0.2, -0.15) is 0 Å². The Kier molecular flexibility index (Phi) is 11.6. The van der Waals surface area contributed by atoms with E-state index >= 15 is 0 Å². The maximum atomic E-state index is 7.26. The smallest absolute Gasteiger partial charge is 0.111 e. The van der Waals surface area contributed by atoms with Gasteiger partial charge < -0.3 is 31.9 Å². The molecule has 0 spiro atoms. The number of imidazole rings is 2. The Morgan fingerprint density at radius 2 is 0.957 bits per heavy atom. The van der Waals surface area contributed by atoms with Crippen molar-refractivity contribution in [2.45, 2.75) is 32.9 Å². The number of hydrogen-bond donors (Lipinski definition) is 0. The number of aromatic nitrogens is 4. The fourth-order valence-electron chi connectivity index (χ4n) is 6.40. The molecule has 0 atom stereocenters. The molecule has 242 valence electrons. The molecule has 0 N–H and O–H groups in total. The summed E-state index contributed by atoms with van der Waals surface area (Å²) < 4.78 is 3.64. The SMILES string of the molecule is [Au].[Au].[C-]#Cc1ccc2c(c1)[Si](C)(C)c1ccccc1-2.[C-]#Cc1ccc2c(c1)[Si](C)(C)c1ccccc1-2.[c-]1nccn1Cn1[c-]ncc1. The summed E-state index contributed by atoms with van der Waals surface area (Å²) >= 11 is 0. The van der Waals surface area contributed by atoms with Crippen LogP contribution in [-0.4, -0.2) is 35.2 Å². The quantitative estimate of drug-likeness (QED) is 0.139. The summed E-state index contributed by atoms with van der Waals surface area (Å²) in [6.45, 7) is 10.2. The van der Waals surface area contributed by atoms with Gasteiger partial charge in [0.2, 0.25) is 0 Å². The van der Waals surface area contributed by atoms with Crippen LogP contribution in [0.5, 0.6) is 0 Å². The van der Waals surface area contributed by atoms with Gasteiger partial charge in [0, 0.05) is 57.4 Å². The number of hydrogen-bond acceptors (Lipinski definition) is 2. The van der Waals surface area contributed by atoms with Gasteiger partial charge in [-0.3, -0.25) is 11.8 Å². The summed E-state index contributed by atoms with van der Waals surface area (Å²) in [6, 6.07) is 30.0. The van der Waals surface area contributed by atoms with Gasteiger partial charge in [-0.05, 0) is 32.6 Å². The maximum absolute atomic E-state index is 7.26. The monoisotopic (exact) mass is 1010 g/mol. The fourth-order valence-corrected chi connectivity index (χ4v) is 12.6. The van der Waals surface area contributed by atoms with Crippen LogP contribution < -0.4 is 20.7 Å². The Labute approximate surface area is 311 Å². The molecule has 0 saturated heterocycles. The predicted octanol–water partition coefficient (Wildman–Crippen LogP) is 5.04. The van der Waals surface area contributed by atoms with Gasteiger partial charge >= 0.3 is 0 Å². The summed E-state index contributed by atoms with van der Waals surface area (Å²) in [7, 11) is -3.10. The summed E-state index contributed by atoms with van der Waals surface area (Å²) in [5.41, 5.74) is 7.26. The minimum Gasteiger partial charge on any atom is -0.439 e. The molecule has 0 bridgehead atoms. The van der Waals surface area contributed by atoms with Crippen LogP contribution in [-0.2, 0) is 51.4 Å². The molecule has 8 rings (SSSR count). The Morgan fingerprint density at radius 3 is 1.32 bits per heavy atom. The zero-order chi connectivity index (χ0) is 31.6. The minimum atomic E-state index is -1.55. The number of rotatable bonds is 2. The third kappa shape index (κ3) is 7.12. The van der Waals surface area contributed by atoms with Crippen molar-refractivity contribution in [1.29, 1.82) is 0 Å². The van der Waals surface area contributed by atoms with Crippen LogP contribution in [0.4, 0.5) is 0 Å². The molecule has 2 aliphatic rings. The van der Waals surface area contributed by atoms with Gasteiger partial charge in [-0.15, -0.1) is 60.2 Å². The average molecular weight is 1010 g/mol. The Morgan fingerprint density at radius 1 is 0.574 bits per heavy atom. The second-order valence-corrected chi connectivity index (χ2v) is 20.9. The summed E-state index contributed by atoms with van der Waals surface area (Å²) in [5.74, 6) is 4.99. The first-order valence-electron chi connectivity index (χ1n) is 14.9. The standard InChI is InChI=1S/2C16H13Si.C7H6N4.2Au/c2*1-4-12-9-10-14-13-7-5-6-8-15(13)17(2,3)16(14)11-12;1-3-10(5-8-1)7-11-4-2-9-6-11;;/h2*5-11H,2-3H3;1-4H,7H2;;/q2*-1;-2;;. The van der Waals surface area contributed by atoms with Crippen LogP contribution >= 0.6 is 0 Å². The molecular weight excluding hydrogens is 975 g/mol. The molecule has 6 aromatic rings.